The van der Waals surface area contributed by atoms with Crippen LogP contribution in [0.25, 0.3) is 0 Å². The van der Waals surface area contributed by atoms with Crippen molar-refractivity contribution in [2.24, 2.45) is 5.14 Å². The largest absolute Gasteiger partial charge is 0.378 e. The van der Waals surface area contributed by atoms with Gasteiger partial charge in [0.05, 0.1) is 17.1 Å². The first-order chi connectivity index (χ1) is 9.81. The van der Waals surface area contributed by atoms with E-state index in [0.717, 1.165) is 23.4 Å². The van der Waals surface area contributed by atoms with Crippen LogP contribution in [0.2, 0.25) is 0 Å². The van der Waals surface area contributed by atoms with Crippen LogP contribution >= 0.6 is 0 Å². The summed E-state index contributed by atoms with van der Waals surface area (Å²) in [5.74, 6) is 0. The minimum Gasteiger partial charge on any atom is -0.378 e. The van der Waals surface area contributed by atoms with E-state index >= 15 is 0 Å². The van der Waals surface area contributed by atoms with Gasteiger partial charge in [0.2, 0.25) is 10.0 Å². The van der Waals surface area contributed by atoms with Crippen molar-refractivity contribution < 1.29 is 8.42 Å². The number of primary sulfonamides is 1. The van der Waals surface area contributed by atoms with Crippen LogP contribution in [0.3, 0.4) is 0 Å². The molecule has 0 bridgehead atoms. The molecular weight excluding hydrogens is 288 g/mol. The molecule has 0 aliphatic heterocycles. The molecule has 2 aromatic rings. The summed E-state index contributed by atoms with van der Waals surface area (Å²) in [5.41, 5.74) is 2.74. The van der Waals surface area contributed by atoms with E-state index in [1.807, 2.05) is 31.6 Å². The molecule has 1 aromatic heterocycles. The fourth-order valence-corrected chi connectivity index (χ4v) is 2.57. The Morgan fingerprint density at radius 2 is 2.14 bits per heavy atom. The Kier molecular flexibility index (Phi) is 4.34. The van der Waals surface area contributed by atoms with E-state index in [1.165, 1.54) is 6.07 Å². The Morgan fingerprint density at radius 3 is 2.71 bits per heavy atom. The number of benzene rings is 1. The average molecular weight is 308 g/mol. The summed E-state index contributed by atoms with van der Waals surface area (Å²) >= 11 is 0. The number of hydrogen-bond acceptors (Lipinski definition) is 4. The molecule has 6 nitrogen and oxygen atoms in total. The maximum Gasteiger partial charge on any atom is 0.238 e. The third-order valence-electron chi connectivity index (χ3n) is 3.39. The minimum atomic E-state index is -3.70. The average Bonchev–Trinajstić information content (AvgIpc) is 2.88. The molecular formula is C14H20N4O2S. The summed E-state index contributed by atoms with van der Waals surface area (Å²) in [5, 5.41) is 12.7. The van der Waals surface area contributed by atoms with Gasteiger partial charge in [0.1, 0.15) is 0 Å². The van der Waals surface area contributed by atoms with E-state index in [0.29, 0.717) is 0 Å². The highest BCUT2D eigenvalue weighted by molar-refractivity contribution is 7.89. The smallest absolute Gasteiger partial charge is 0.238 e. The lowest BCUT2D eigenvalue weighted by Gasteiger charge is -2.16. The first-order valence-corrected chi connectivity index (χ1v) is 8.28. The molecule has 0 aliphatic carbocycles. The zero-order valence-electron chi connectivity index (χ0n) is 12.4. The number of nitrogens with zero attached hydrogens (tertiary/aromatic N) is 2. The minimum absolute atomic E-state index is 0.0136. The number of anilines is 1. The van der Waals surface area contributed by atoms with Crippen molar-refractivity contribution in [2.75, 3.05) is 5.32 Å². The molecule has 0 fully saturated rings. The predicted octanol–water partition coefficient (Wildman–Crippen LogP) is 2.03. The molecule has 2 rings (SSSR count). The molecule has 3 N–H and O–H groups in total. The van der Waals surface area contributed by atoms with Crippen LogP contribution in [0.1, 0.15) is 31.0 Å². The van der Waals surface area contributed by atoms with Crippen molar-refractivity contribution in [1.82, 2.24) is 9.78 Å². The maximum absolute atomic E-state index is 11.4. The third kappa shape index (κ3) is 3.62. The quantitative estimate of drug-likeness (QED) is 0.884. The van der Waals surface area contributed by atoms with Crippen LogP contribution in [0.15, 0.2) is 35.5 Å². The third-order valence-corrected chi connectivity index (χ3v) is 4.30. The van der Waals surface area contributed by atoms with Crippen molar-refractivity contribution in [1.29, 1.82) is 0 Å². The number of sulfonamides is 1. The summed E-state index contributed by atoms with van der Waals surface area (Å²) in [7, 11) is -3.70. The molecule has 21 heavy (non-hydrogen) atoms. The van der Waals surface area contributed by atoms with Gasteiger partial charge >= 0.3 is 0 Å². The fraction of sp³-hybridized carbons (Fsp3) is 0.357. The van der Waals surface area contributed by atoms with E-state index in [4.69, 9.17) is 5.14 Å². The second-order valence-corrected chi connectivity index (χ2v) is 6.58. The Labute approximate surface area is 125 Å². The summed E-state index contributed by atoms with van der Waals surface area (Å²) in [6, 6.07) is 4.82. The second kappa shape index (κ2) is 5.87. The molecule has 1 atom stereocenters. The molecule has 0 spiro atoms. The number of nitrogens with one attached hydrogen (secondary N) is 1. The van der Waals surface area contributed by atoms with Crippen molar-refractivity contribution in [3.8, 4) is 0 Å². The number of aromatic nitrogens is 2. The first kappa shape index (κ1) is 15.5. The first-order valence-electron chi connectivity index (χ1n) is 6.73. The number of nitrogens with two attached hydrogens (primary N) is 1. The summed E-state index contributed by atoms with van der Waals surface area (Å²) in [4.78, 5) is 0.104. The molecule has 114 valence electrons. The van der Waals surface area contributed by atoms with Crippen molar-refractivity contribution in [2.45, 2.75) is 38.3 Å². The monoisotopic (exact) mass is 308 g/mol. The summed E-state index contributed by atoms with van der Waals surface area (Å²) in [6.07, 6.45) is 3.77. The zero-order valence-corrected chi connectivity index (χ0v) is 13.2. The van der Waals surface area contributed by atoms with Crippen LogP contribution in [0, 0.1) is 6.92 Å². The number of rotatable bonds is 5. The second-order valence-electron chi connectivity index (χ2n) is 5.02. The molecule has 7 heteroatoms. The number of aryl methyl sites for hydroxylation is 2. The maximum atomic E-state index is 11.4. The van der Waals surface area contributed by atoms with Crippen LogP contribution in [0.5, 0.6) is 0 Å². The van der Waals surface area contributed by atoms with Gasteiger partial charge in [-0.1, -0.05) is 6.07 Å². The van der Waals surface area contributed by atoms with Gasteiger partial charge in [0, 0.05) is 24.0 Å². The van der Waals surface area contributed by atoms with Gasteiger partial charge in [-0.2, -0.15) is 5.10 Å². The van der Waals surface area contributed by atoms with Gasteiger partial charge < -0.3 is 5.32 Å². The Bertz CT molecular complexity index is 737. The lowest BCUT2D eigenvalue weighted by molar-refractivity contribution is 0.598. The molecule has 0 aliphatic rings. The summed E-state index contributed by atoms with van der Waals surface area (Å²) in [6.45, 7) is 6.75. The molecule has 0 amide bonds. The standard InChI is InChI=1S/C14H20N4O2S/c1-4-18-9-12(8-16-18)11(3)17-14-7-13(21(15,19)20)6-5-10(14)2/h5-9,11,17H,4H2,1-3H3,(H2,15,19,20). The fourth-order valence-electron chi connectivity index (χ4n) is 2.03. The highest BCUT2D eigenvalue weighted by atomic mass is 32.2. The van der Waals surface area contributed by atoms with Gasteiger partial charge in [-0.3, -0.25) is 4.68 Å². The SMILES string of the molecule is CCn1cc(C(C)Nc2cc(S(N)(=O)=O)ccc2C)cn1. The van der Waals surface area contributed by atoms with E-state index in [1.54, 1.807) is 18.3 Å². The van der Waals surface area contributed by atoms with Gasteiger partial charge in [0.15, 0.2) is 0 Å². The van der Waals surface area contributed by atoms with Crippen LogP contribution < -0.4 is 10.5 Å². The van der Waals surface area contributed by atoms with Crippen molar-refractivity contribution in [3.63, 3.8) is 0 Å². The molecule has 0 radical (unpaired) electrons. The van der Waals surface area contributed by atoms with E-state index in [2.05, 4.69) is 10.4 Å². The van der Waals surface area contributed by atoms with E-state index in [-0.39, 0.29) is 10.9 Å². The van der Waals surface area contributed by atoms with Gasteiger partial charge in [-0.15, -0.1) is 0 Å². The van der Waals surface area contributed by atoms with Crippen molar-refractivity contribution >= 4 is 15.7 Å². The molecule has 0 saturated heterocycles. The number of hydrogen-bond donors (Lipinski definition) is 2. The topological polar surface area (TPSA) is 90.0 Å². The van der Waals surface area contributed by atoms with E-state index in [9.17, 15) is 8.42 Å². The van der Waals surface area contributed by atoms with E-state index < -0.39 is 10.0 Å². The Morgan fingerprint density at radius 1 is 1.43 bits per heavy atom. The highest BCUT2D eigenvalue weighted by Gasteiger charge is 2.13. The molecule has 1 aromatic carbocycles. The van der Waals surface area contributed by atoms with Crippen LogP contribution in [0.4, 0.5) is 5.69 Å². The van der Waals surface area contributed by atoms with Crippen LogP contribution in [-0.2, 0) is 16.6 Å². The predicted molar refractivity (Wildman–Crippen MR) is 82.5 cm³/mol. The zero-order chi connectivity index (χ0) is 15.6. The normalized spacial score (nSPS) is 13.1. The van der Waals surface area contributed by atoms with Crippen LogP contribution in [-0.4, -0.2) is 18.2 Å². The van der Waals surface area contributed by atoms with Gasteiger partial charge in [0.25, 0.3) is 0 Å². The summed E-state index contributed by atoms with van der Waals surface area (Å²) < 4.78 is 24.7. The Hall–Kier alpha value is -1.86. The lowest BCUT2D eigenvalue weighted by Crippen LogP contribution is -2.13. The van der Waals surface area contributed by atoms with Gasteiger partial charge in [-0.05, 0) is 38.5 Å². The molecule has 1 heterocycles. The highest BCUT2D eigenvalue weighted by Crippen LogP contribution is 2.24. The van der Waals surface area contributed by atoms with Gasteiger partial charge in [-0.25, -0.2) is 13.6 Å². The van der Waals surface area contributed by atoms with Crippen molar-refractivity contribution in [3.05, 3.63) is 41.7 Å². The molecule has 1 unspecified atom stereocenters. The molecule has 0 saturated carbocycles. The lowest BCUT2D eigenvalue weighted by atomic mass is 10.1. The Balaban J connectivity index is 2.26.